The van der Waals surface area contributed by atoms with E-state index in [2.05, 4.69) is 4.99 Å². The number of aromatic hydroxyl groups is 1. The van der Waals surface area contributed by atoms with Crippen LogP contribution in [0.2, 0.25) is 5.02 Å². The van der Waals surface area contributed by atoms with Crippen LogP contribution in [0.3, 0.4) is 0 Å². The third kappa shape index (κ3) is 3.81. The lowest BCUT2D eigenvalue weighted by Crippen LogP contribution is -2.16. The van der Waals surface area contributed by atoms with Gasteiger partial charge in [-0.1, -0.05) is 11.6 Å². The van der Waals surface area contributed by atoms with E-state index in [4.69, 9.17) is 21.1 Å². The van der Waals surface area contributed by atoms with Gasteiger partial charge in [0.1, 0.15) is 5.75 Å². The molecule has 0 radical (unpaired) electrons. The van der Waals surface area contributed by atoms with Gasteiger partial charge in [-0.3, -0.25) is 4.99 Å². The minimum Gasteiger partial charge on any atom is -0.507 e. The monoisotopic (exact) mass is 243 g/mol. The molecule has 0 bridgehead atoms. The van der Waals surface area contributed by atoms with Crippen LogP contribution in [-0.4, -0.2) is 38.4 Å². The Morgan fingerprint density at radius 2 is 2.12 bits per heavy atom. The normalized spacial score (nSPS) is 11.5. The number of rotatable bonds is 5. The number of hydrogen-bond acceptors (Lipinski definition) is 4. The van der Waals surface area contributed by atoms with Crippen molar-refractivity contribution in [3.63, 3.8) is 0 Å². The summed E-state index contributed by atoms with van der Waals surface area (Å²) in [6.07, 6.45) is 1.16. The van der Waals surface area contributed by atoms with Crippen LogP contribution in [-0.2, 0) is 9.47 Å². The second-order valence-electron chi connectivity index (χ2n) is 3.10. The Kier molecular flexibility index (Phi) is 5.25. The van der Waals surface area contributed by atoms with Crippen LogP contribution in [0.5, 0.6) is 5.75 Å². The average Bonchev–Trinajstić information content (AvgIpc) is 2.29. The van der Waals surface area contributed by atoms with Crippen LogP contribution in [0, 0.1) is 0 Å². The van der Waals surface area contributed by atoms with Crippen molar-refractivity contribution in [2.24, 2.45) is 4.99 Å². The Balaban J connectivity index is 2.65. The van der Waals surface area contributed by atoms with E-state index >= 15 is 0 Å². The third-order valence-corrected chi connectivity index (χ3v) is 2.24. The molecule has 0 fully saturated rings. The van der Waals surface area contributed by atoms with Crippen molar-refractivity contribution in [1.82, 2.24) is 0 Å². The van der Waals surface area contributed by atoms with Gasteiger partial charge in [-0.15, -0.1) is 0 Å². The van der Waals surface area contributed by atoms with Gasteiger partial charge in [0.2, 0.25) is 0 Å². The maximum absolute atomic E-state index is 9.50. The molecule has 0 heterocycles. The van der Waals surface area contributed by atoms with Crippen molar-refractivity contribution in [2.75, 3.05) is 20.8 Å². The summed E-state index contributed by atoms with van der Waals surface area (Å²) in [7, 11) is 3.08. The number of halogens is 1. The van der Waals surface area contributed by atoms with Gasteiger partial charge in [0, 0.05) is 31.0 Å². The van der Waals surface area contributed by atoms with Crippen LogP contribution in [0.1, 0.15) is 5.56 Å². The summed E-state index contributed by atoms with van der Waals surface area (Å²) in [4.78, 5) is 4.09. The highest BCUT2D eigenvalue weighted by Gasteiger charge is 2.02. The molecular weight excluding hydrogens is 230 g/mol. The number of nitrogens with zero attached hydrogens (tertiary/aromatic N) is 1. The van der Waals surface area contributed by atoms with Crippen LogP contribution in [0.25, 0.3) is 0 Å². The van der Waals surface area contributed by atoms with Gasteiger partial charge in [0.05, 0.1) is 6.54 Å². The fourth-order valence-corrected chi connectivity index (χ4v) is 1.29. The van der Waals surface area contributed by atoms with Crippen molar-refractivity contribution in [2.45, 2.75) is 6.29 Å². The minimum absolute atomic E-state index is 0.138. The quantitative estimate of drug-likeness (QED) is 0.636. The Morgan fingerprint density at radius 3 is 2.75 bits per heavy atom. The molecule has 0 aliphatic carbocycles. The summed E-state index contributed by atoms with van der Waals surface area (Å²) in [5.74, 6) is 0.138. The molecule has 88 valence electrons. The molecule has 5 heteroatoms. The lowest BCUT2D eigenvalue weighted by Gasteiger charge is -2.09. The lowest BCUT2D eigenvalue weighted by atomic mass is 10.2. The lowest BCUT2D eigenvalue weighted by molar-refractivity contribution is -0.0936. The Hall–Kier alpha value is -1.10. The Morgan fingerprint density at radius 1 is 1.44 bits per heavy atom. The van der Waals surface area contributed by atoms with Crippen molar-refractivity contribution >= 4 is 17.8 Å². The van der Waals surface area contributed by atoms with Crippen LogP contribution in [0.4, 0.5) is 0 Å². The van der Waals surface area contributed by atoms with E-state index in [1.165, 1.54) is 12.3 Å². The largest absolute Gasteiger partial charge is 0.507 e. The van der Waals surface area contributed by atoms with E-state index < -0.39 is 0 Å². The van der Waals surface area contributed by atoms with Crippen LogP contribution in [0.15, 0.2) is 23.2 Å². The molecule has 0 aromatic heterocycles. The van der Waals surface area contributed by atoms with Gasteiger partial charge in [-0.25, -0.2) is 0 Å². The Bertz CT molecular complexity index is 364. The summed E-state index contributed by atoms with van der Waals surface area (Å²) in [6.45, 7) is 0.360. The molecule has 4 nitrogen and oxygen atoms in total. The summed E-state index contributed by atoms with van der Waals surface area (Å²) in [5, 5.41) is 10.1. The molecule has 0 spiro atoms. The molecule has 1 aromatic carbocycles. The smallest absolute Gasteiger partial charge is 0.176 e. The molecule has 0 amide bonds. The SMILES string of the molecule is COC(CN=Cc1cc(Cl)ccc1O)OC. The Labute approximate surface area is 99.5 Å². The predicted molar refractivity (Wildman–Crippen MR) is 63.4 cm³/mol. The van der Waals surface area contributed by atoms with Gasteiger partial charge in [0.25, 0.3) is 0 Å². The van der Waals surface area contributed by atoms with Gasteiger partial charge in [-0.2, -0.15) is 0 Å². The second kappa shape index (κ2) is 6.48. The molecule has 0 atom stereocenters. The first-order valence-corrected chi connectivity index (χ1v) is 5.09. The zero-order valence-corrected chi connectivity index (χ0v) is 9.94. The molecule has 1 N–H and O–H groups in total. The zero-order chi connectivity index (χ0) is 12.0. The van der Waals surface area contributed by atoms with Crippen molar-refractivity contribution in [3.8, 4) is 5.75 Å². The number of ether oxygens (including phenoxy) is 2. The summed E-state index contributed by atoms with van der Waals surface area (Å²) >= 11 is 5.79. The molecule has 1 aromatic rings. The predicted octanol–water partition coefficient (Wildman–Crippen LogP) is 2.08. The van der Waals surface area contributed by atoms with E-state index in [1.807, 2.05) is 0 Å². The van der Waals surface area contributed by atoms with Crippen LogP contribution >= 0.6 is 11.6 Å². The first kappa shape index (κ1) is 13.0. The van der Waals surface area contributed by atoms with E-state index in [9.17, 15) is 5.11 Å². The third-order valence-electron chi connectivity index (χ3n) is 2.00. The maximum Gasteiger partial charge on any atom is 0.176 e. The summed E-state index contributed by atoms with van der Waals surface area (Å²) < 4.78 is 9.93. The van der Waals surface area contributed by atoms with E-state index in [0.29, 0.717) is 17.1 Å². The number of hydrogen-bond donors (Lipinski definition) is 1. The number of methoxy groups -OCH3 is 2. The molecule has 0 aliphatic heterocycles. The minimum atomic E-state index is -0.377. The van der Waals surface area contributed by atoms with Gasteiger partial charge in [0.15, 0.2) is 6.29 Å². The van der Waals surface area contributed by atoms with Gasteiger partial charge >= 0.3 is 0 Å². The topological polar surface area (TPSA) is 51.0 Å². The van der Waals surface area contributed by atoms with E-state index in [-0.39, 0.29) is 12.0 Å². The number of phenolic OH excluding ortho intramolecular Hbond substituents is 1. The second-order valence-corrected chi connectivity index (χ2v) is 3.53. The first-order chi connectivity index (χ1) is 7.67. The molecule has 0 unspecified atom stereocenters. The average molecular weight is 244 g/mol. The standard InChI is InChI=1S/C11H14ClNO3/c1-15-11(16-2)7-13-6-8-5-9(12)3-4-10(8)14/h3-6,11,14H,7H2,1-2H3. The van der Waals surface area contributed by atoms with E-state index in [0.717, 1.165) is 0 Å². The fraction of sp³-hybridized carbons (Fsp3) is 0.364. The maximum atomic E-state index is 9.50. The molecule has 0 aliphatic rings. The van der Waals surface area contributed by atoms with Gasteiger partial charge in [-0.05, 0) is 18.2 Å². The van der Waals surface area contributed by atoms with Crippen molar-refractivity contribution in [1.29, 1.82) is 0 Å². The summed E-state index contributed by atoms with van der Waals surface area (Å²) in [6, 6.07) is 4.77. The molecule has 0 saturated carbocycles. The number of benzene rings is 1. The number of aliphatic imine (C=N–C) groups is 1. The molecule has 1 rings (SSSR count). The highest BCUT2D eigenvalue weighted by atomic mass is 35.5. The zero-order valence-electron chi connectivity index (χ0n) is 9.18. The van der Waals surface area contributed by atoms with Crippen molar-refractivity contribution in [3.05, 3.63) is 28.8 Å². The highest BCUT2D eigenvalue weighted by molar-refractivity contribution is 6.30. The van der Waals surface area contributed by atoms with Crippen LogP contribution < -0.4 is 0 Å². The molecular formula is C11H14ClNO3. The fourth-order valence-electron chi connectivity index (χ4n) is 1.11. The first-order valence-electron chi connectivity index (χ1n) is 4.71. The number of phenols is 1. The summed E-state index contributed by atoms with van der Waals surface area (Å²) in [5.41, 5.74) is 0.568. The molecule has 16 heavy (non-hydrogen) atoms. The van der Waals surface area contributed by atoms with Gasteiger partial charge < -0.3 is 14.6 Å². The van der Waals surface area contributed by atoms with Crippen molar-refractivity contribution < 1.29 is 14.6 Å². The van der Waals surface area contributed by atoms with E-state index in [1.54, 1.807) is 26.4 Å². The molecule has 0 saturated heterocycles. The highest BCUT2D eigenvalue weighted by Crippen LogP contribution is 2.19.